The summed E-state index contributed by atoms with van der Waals surface area (Å²) in [6.07, 6.45) is -2.48. The highest BCUT2D eigenvalue weighted by molar-refractivity contribution is 6.48. The van der Waals surface area contributed by atoms with Crippen molar-refractivity contribution in [2.75, 3.05) is 0 Å². The smallest absolute Gasteiger partial charge is 0.226 e. The Balaban J connectivity index is 1.98. The van der Waals surface area contributed by atoms with Crippen LogP contribution in [0.5, 0.6) is 0 Å². The van der Waals surface area contributed by atoms with Crippen LogP contribution in [0.2, 0.25) is 0 Å². The van der Waals surface area contributed by atoms with Gasteiger partial charge in [0.2, 0.25) is 5.66 Å². The lowest BCUT2D eigenvalue weighted by atomic mass is 9.90. The minimum absolute atomic E-state index is 0.488. The van der Waals surface area contributed by atoms with Crippen molar-refractivity contribution in [3.63, 3.8) is 0 Å². The van der Waals surface area contributed by atoms with E-state index in [0.717, 1.165) is 0 Å². The quantitative estimate of drug-likeness (QED) is 0.572. The molecule has 1 unspecified atom stereocenters. The second-order valence-electron chi connectivity index (χ2n) is 5.15. The summed E-state index contributed by atoms with van der Waals surface area (Å²) in [5.41, 5.74) is -0.110. The Morgan fingerprint density at radius 2 is 1.85 bits per heavy atom. The molecule has 6 atom stereocenters. The summed E-state index contributed by atoms with van der Waals surface area (Å²) >= 11 is 0. The number of hydrogen-bond donors (Lipinski definition) is 3. The molecule has 3 rings (SSSR count). The second-order valence-corrected chi connectivity index (χ2v) is 5.15. The summed E-state index contributed by atoms with van der Waals surface area (Å²) in [6, 6.07) is 0. The summed E-state index contributed by atoms with van der Waals surface area (Å²) in [4.78, 5) is 16.6. The standard InChI is InChI=1S/C12H16N4O4/c1-5-10-12(15-3-13-5,16-4-14-10)11-8(19)7(18)9(20-11)6(2)17/h3-4,6-9,11,17-19H,1-2H3/t6-,7-,8+,9+,11+,12?/m0/s1. The highest BCUT2D eigenvalue weighted by atomic mass is 16.6. The Bertz CT molecular complexity index is 542. The molecule has 3 heterocycles. The fourth-order valence-electron chi connectivity index (χ4n) is 2.77. The van der Waals surface area contributed by atoms with E-state index in [1.54, 1.807) is 6.92 Å². The molecule has 0 aromatic heterocycles. The van der Waals surface area contributed by atoms with Crippen molar-refractivity contribution in [1.29, 1.82) is 0 Å². The summed E-state index contributed by atoms with van der Waals surface area (Å²) in [5.74, 6) is 0. The first-order chi connectivity index (χ1) is 9.47. The number of aliphatic hydroxyl groups excluding tert-OH is 3. The molecule has 0 aliphatic carbocycles. The highest BCUT2D eigenvalue weighted by Crippen LogP contribution is 2.37. The molecule has 0 saturated carbocycles. The first-order valence-electron chi connectivity index (χ1n) is 6.37. The van der Waals surface area contributed by atoms with Crippen molar-refractivity contribution in [3.05, 3.63) is 0 Å². The molecule has 1 fully saturated rings. The fourth-order valence-corrected chi connectivity index (χ4v) is 2.77. The molecule has 8 nitrogen and oxygen atoms in total. The van der Waals surface area contributed by atoms with Gasteiger partial charge < -0.3 is 20.1 Å². The van der Waals surface area contributed by atoms with Crippen LogP contribution in [0.25, 0.3) is 0 Å². The molecule has 0 radical (unpaired) electrons. The predicted octanol–water partition coefficient (Wildman–Crippen LogP) is -1.46. The third-order valence-corrected chi connectivity index (χ3v) is 3.81. The van der Waals surface area contributed by atoms with Gasteiger partial charge in [-0.15, -0.1) is 0 Å². The number of rotatable bonds is 2. The summed E-state index contributed by atoms with van der Waals surface area (Å²) in [7, 11) is 0. The number of aliphatic hydroxyl groups is 3. The van der Waals surface area contributed by atoms with Crippen LogP contribution in [0.15, 0.2) is 20.0 Å². The van der Waals surface area contributed by atoms with Gasteiger partial charge >= 0.3 is 0 Å². The largest absolute Gasteiger partial charge is 0.391 e. The van der Waals surface area contributed by atoms with Crippen LogP contribution in [-0.2, 0) is 4.74 Å². The maximum absolute atomic E-state index is 10.2. The van der Waals surface area contributed by atoms with Crippen LogP contribution in [0.3, 0.4) is 0 Å². The fraction of sp³-hybridized carbons (Fsp3) is 0.667. The van der Waals surface area contributed by atoms with Gasteiger partial charge in [0.05, 0.1) is 11.8 Å². The topological polar surface area (TPSA) is 119 Å². The molecule has 0 aromatic rings. The molecule has 20 heavy (non-hydrogen) atoms. The van der Waals surface area contributed by atoms with E-state index in [1.165, 1.54) is 19.6 Å². The molecule has 8 heteroatoms. The maximum atomic E-state index is 10.2. The molecule has 108 valence electrons. The van der Waals surface area contributed by atoms with Gasteiger partial charge in [0, 0.05) is 0 Å². The van der Waals surface area contributed by atoms with E-state index >= 15 is 0 Å². The molecule has 1 saturated heterocycles. The minimum atomic E-state index is -1.23. The lowest BCUT2D eigenvalue weighted by Gasteiger charge is -2.32. The Labute approximate surface area is 115 Å². The monoisotopic (exact) mass is 280 g/mol. The van der Waals surface area contributed by atoms with Gasteiger partial charge in [-0.2, -0.15) is 0 Å². The van der Waals surface area contributed by atoms with E-state index < -0.39 is 36.2 Å². The zero-order valence-corrected chi connectivity index (χ0v) is 11.1. The minimum Gasteiger partial charge on any atom is -0.391 e. The zero-order chi connectivity index (χ0) is 14.5. The number of nitrogens with zero attached hydrogens (tertiary/aromatic N) is 4. The van der Waals surface area contributed by atoms with E-state index in [1.807, 2.05) is 0 Å². The lowest BCUT2D eigenvalue weighted by Crippen LogP contribution is -2.54. The van der Waals surface area contributed by atoms with Crippen LogP contribution >= 0.6 is 0 Å². The Morgan fingerprint density at radius 3 is 2.45 bits per heavy atom. The van der Waals surface area contributed by atoms with Crippen molar-refractivity contribution >= 4 is 24.1 Å². The van der Waals surface area contributed by atoms with Crippen LogP contribution in [-0.4, -0.2) is 75.6 Å². The molecule has 3 aliphatic heterocycles. The summed E-state index contributed by atoms with van der Waals surface area (Å²) < 4.78 is 5.63. The van der Waals surface area contributed by atoms with E-state index in [0.29, 0.717) is 11.4 Å². The molecular formula is C12H16N4O4. The van der Waals surface area contributed by atoms with Gasteiger partial charge in [-0.05, 0) is 13.8 Å². The molecular weight excluding hydrogens is 264 g/mol. The number of aliphatic imine (C=N–C) groups is 4. The van der Waals surface area contributed by atoms with Crippen molar-refractivity contribution < 1.29 is 20.1 Å². The van der Waals surface area contributed by atoms with Gasteiger partial charge in [-0.3, -0.25) is 0 Å². The lowest BCUT2D eigenvalue weighted by molar-refractivity contribution is -0.0668. The molecule has 0 aromatic carbocycles. The molecule has 0 bridgehead atoms. The van der Waals surface area contributed by atoms with Gasteiger partial charge in [0.1, 0.15) is 42.8 Å². The average Bonchev–Trinajstić information content (AvgIpc) is 2.95. The zero-order valence-electron chi connectivity index (χ0n) is 11.1. The number of ether oxygens (including phenoxy) is 1. The maximum Gasteiger partial charge on any atom is 0.226 e. The van der Waals surface area contributed by atoms with Gasteiger partial charge in [0.15, 0.2) is 0 Å². The third kappa shape index (κ3) is 1.69. The normalized spacial score (nSPS) is 44.2. The van der Waals surface area contributed by atoms with Crippen LogP contribution in [0.1, 0.15) is 13.8 Å². The number of fused-ring (bicyclic) bond motifs is 1. The first kappa shape index (κ1) is 13.5. The average molecular weight is 280 g/mol. The van der Waals surface area contributed by atoms with Gasteiger partial charge in [-0.25, -0.2) is 20.0 Å². The summed E-state index contributed by atoms with van der Waals surface area (Å²) in [6.45, 7) is 3.25. The van der Waals surface area contributed by atoms with Crippen molar-refractivity contribution in [3.8, 4) is 0 Å². The molecule has 0 amide bonds. The molecule has 0 spiro atoms. The first-order valence-corrected chi connectivity index (χ1v) is 6.37. The number of hydrogen-bond acceptors (Lipinski definition) is 8. The summed E-state index contributed by atoms with van der Waals surface area (Å²) in [5, 5.41) is 29.9. The van der Waals surface area contributed by atoms with E-state index in [4.69, 9.17) is 4.74 Å². The highest BCUT2D eigenvalue weighted by Gasteiger charge is 2.58. The van der Waals surface area contributed by atoms with Crippen molar-refractivity contribution in [2.45, 2.75) is 50.0 Å². The van der Waals surface area contributed by atoms with Crippen LogP contribution in [0.4, 0.5) is 0 Å². The van der Waals surface area contributed by atoms with E-state index in [2.05, 4.69) is 20.0 Å². The van der Waals surface area contributed by atoms with Gasteiger partial charge in [0.25, 0.3) is 0 Å². The van der Waals surface area contributed by atoms with E-state index in [-0.39, 0.29) is 0 Å². The second kappa shape index (κ2) is 4.52. The molecule has 3 aliphatic rings. The van der Waals surface area contributed by atoms with Crippen LogP contribution in [0, 0.1) is 0 Å². The Hall–Kier alpha value is -1.48. The van der Waals surface area contributed by atoms with E-state index in [9.17, 15) is 15.3 Å². The predicted molar refractivity (Wildman–Crippen MR) is 72.6 cm³/mol. The SMILES string of the molecule is CC1=NC=NC2([C@@H]3O[C@H]([C@H](C)O)[C@@H](O)[C@H]3O)N=CN=C12. The van der Waals surface area contributed by atoms with Crippen molar-refractivity contribution in [2.24, 2.45) is 20.0 Å². The third-order valence-electron chi connectivity index (χ3n) is 3.81. The molecule has 3 N–H and O–H groups in total. The van der Waals surface area contributed by atoms with Crippen LogP contribution < -0.4 is 0 Å². The van der Waals surface area contributed by atoms with Gasteiger partial charge in [-0.1, -0.05) is 0 Å². The van der Waals surface area contributed by atoms with Crippen molar-refractivity contribution in [1.82, 2.24) is 0 Å². The Kier molecular flexibility index (Phi) is 3.05. The Morgan fingerprint density at radius 1 is 1.20 bits per heavy atom.